The minimum absolute atomic E-state index is 0.580. The van der Waals surface area contributed by atoms with Crippen LogP contribution in [0.3, 0.4) is 0 Å². The summed E-state index contributed by atoms with van der Waals surface area (Å²) in [7, 11) is 11.8. The quantitative estimate of drug-likeness (QED) is 0.159. The Labute approximate surface area is 225 Å². The second-order valence-corrected chi connectivity index (χ2v) is 12.0. The van der Waals surface area contributed by atoms with E-state index >= 15 is 0 Å². The maximum atomic E-state index is 6.38. The van der Waals surface area contributed by atoms with Gasteiger partial charge < -0.3 is 28.5 Å². The first kappa shape index (κ1) is 29.1. The van der Waals surface area contributed by atoms with Crippen LogP contribution in [-0.4, -0.2) is 77.0 Å². The second kappa shape index (κ2) is 13.4. The number of rotatable bonds is 13. The summed E-state index contributed by atoms with van der Waals surface area (Å²) in [6, 6.07) is 21.9. The molecule has 0 aromatic heterocycles. The summed E-state index contributed by atoms with van der Waals surface area (Å²) in [6.07, 6.45) is -0.877. The molecule has 0 aliphatic heterocycles. The Kier molecular flexibility index (Phi) is 10.3. The molecule has 0 amide bonds. The van der Waals surface area contributed by atoms with Gasteiger partial charge in [-0.05, 0) is 101 Å². The van der Waals surface area contributed by atoms with Crippen molar-refractivity contribution in [2.45, 2.75) is 6.41 Å². The van der Waals surface area contributed by atoms with Gasteiger partial charge in [-0.2, -0.15) is 4.67 Å². The number of nitrogens with zero attached hydrogens (tertiary/aromatic N) is 4. The van der Waals surface area contributed by atoms with Crippen molar-refractivity contribution in [2.75, 3.05) is 56.6 Å². The van der Waals surface area contributed by atoms with Gasteiger partial charge in [0.15, 0.2) is 5.75 Å². The molecule has 3 aromatic rings. The highest BCUT2D eigenvalue weighted by Crippen LogP contribution is 2.57. The van der Waals surface area contributed by atoms with E-state index in [1.807, 2.05) is 122 Å². The van der Waals surface area contributed by atoms with E-state index in [9.17, 15) is 0 Å². The molecule has 3 aromatic carbocycles. The normalized spacial score (nSPS) is 11.6. The number of benzene rings is 3. The predicted octanol–water partition coefficient (Wildman–Crippen LogP) is 5.45. The van der Waals surface area contributed by atoms with Crippen LogP contribution in [0.15, 0.2) is 77.7 Å². The highest BCUT2D eigenvalue weighted by atomic mass is 31.2. The van der Waals surface area contributed by atoms with Gasteiger partial charge in [0.2, 0.25) is 7.51 Å². The highest BCUT2D eigenvalue weighted by Gasteiger charge is 2.39. The molecule has 10 nitrogen and oxygen atoms in total. The van der Waals surface area contributed by atoms with Gasteiger partial charge in [0.25, 0.3) is 0 Å². The first-order valence-electron chi connectivity index (χ1n) is 11.9. The molecule has 38 heavy (non-hydrogen) atoms. The first-order valence-corrected chi connectivity index (χ1v) is 13.5. The van der Waals surface area contributed by atoms with Crippen LogP contribution in [0.2, 0.25) is 0 Å². The van der Waals surface area contributed by atoms with Crippen molar-refractivity contribution in [2.24, 2.45) is 4.91 Å². The topological polar surface area (TPSA) is 77.5 Å². The fraction of sp³-hybridized carbons (Fsp3) is 0.333. The third kappa shape index (κ3) is 6.90. The smallest absolute Gasteiger partial charge is 0.310 e. The average Bonchev–Trinajstić information content (AvgIpc) is 2.93. The van der Waals surface area contributed by atoms with Crippen molar-refractivity contribution in [3.63, 3.8) is 0 Å². The standard InChI is InChI=1S/C27H37N4O6P/c1-29(2)38(30(3)4,28-37-26-19-13-23(34-8)14-20-26)31(5)27(35-24-15-9-21(32-6)10-16-24)36-25-17-11-22(33-7)12-18-25/h9-20,27H,1-8H3. The van der Waals surface area contributed by atoms with Crippen LogP contribution >= 0.6 is 7.51 Å². The average molecular weight is 545 g/mol. The lowest BCUT2D eigenvalue weighted by molar-refractivity contribution is -0.0703. The summed E-state index contributed by atoms with van der Waals surface area (Å²) in [5.74, 6) is 3.97. The maximum absolute atomic E-state index is 6.38. The van der Waals surface area contributed by atoms with Crippen LogP contribution in [-0.2, 0) is 0 Å². The van der Waals surface area contributed by atoms with Crippen molar-refractivity contribution >= 4 is 7.51 Å². The SMILES string of the molecule is COc1ccc(ON=P(N(C)C)(N(C)C)N(C)C(Oc2ccc(OC)cc2)Oc2ccc(OC)cc2)cc1. The molecule has 0 N–H and O–H groups in total. The van der Waals surface area contributed by atoms with E-state index in [1.54, 1.807) is 21.3 Å². The minimum atomic E-state index is -2.70. The van der Waals surface area contributed by atoms with Crippen LogP contribution in [0.1, 0.15) is 0 Å². The van der Waals surface area contributed by atoms with Gasteiger partial charge in [0.05, 0.1) is 21.3 Å². The van der Waals surface area contributed by atoms with Gasteiger partial charge in [-0.1, -0.05) is 4.91 Å². The van der Waals surface area contributed by atoms with Gasteiger partial charge in [-0.25, -0.2) is 9.34 Å². The minimum Gasteiger partial charge on any atom is -0.497 e. The first-order chi connectivity index (χ1) is 18.2. The molecule has 0 radical (unpaired) electrons. The fourth-order valence-electron chi connectivity index (χ4n) is 3.71. The van der Waals surface area contributed by atoms with Crippen molar-refractivity contribution < 1.29 is 28.5 Å². The van der Waals surface area contributed by atoms with E-state index in [-0.39, 0.29) is 0 Å². The van der Waals surface area contributed by atoms with Crippen molar-refractivity contribution in [1.29, 1.82) is 0 Å². The summed E-state index contributed by atoms with van der Waals surface area (Å²) in [5, 5.41) is 0. The van der Waals surface area contributed by atoms with Gasteiger partial charge in [0.1, 0.15) is 28.7 Å². The molecule has 0 unspecified atom stereocenters. The summed E-state index contributed by atoms with van der Waals surface area (Å²) >= 11 is 0. The molecule has 0 fully saturated rings. The van der Waals surface area contributed by atoms with Crippen molar-refractivity contribution in [3.05, 3.63) is 72.8 Å². The van der Waals surface area contributed by atoms with Gasteiger partial charge >= 0.3 is 6.41 Å². The summed E-state index contributed by atoms with van der Waals surface area (Å²) < 4.78 is 34.6. The van der Waals surface area contributed by atoms with E-state index in [0.29, 0.717) is 17.2 Å². The Morgan fingerprint density at radius 3 is 1.16 bits per heavy atom. The van der Waals surface area contributed by atoms with E-state index in [2.05, 4.69) is 0 Å². The molecule has 206 valence electrons. The van der Waals surface area contributed by atoms with Crippen LogP contribution in [0.4, 0.5) is 0 Å². The van der Waals surface area contributed by atoms with E-state index in [0.717, 1.165) is 17.2 Å². The number of hydrogen-bond acceptors (Lipinski definition) is 7. The Balaban J connectivity index is 2.01. The molecule has 0 saturated heterocycles. The summed E-state index contributed by atoms with van der Waals surface area (Å²) in [5.41, 5.74) is 0. The Bertz CT molecular complexity index is 1130. The molecule has 11 heteroatoms. The van der Waals surface area contributed by atoms with Crippen molar-refractivity contribution in [1.82, 2.24) is 14.0 Å². The number of ether oxygens (including phenoxy) is 5. The van der Waals surface area contributed by atoms with E-state index in [1.165, 1.54) is 0 Å². The maximum Gasteiger partial charge on any atom is 0.310 e. The second-order valence-electron chi connectivity index (χ2n) is 8.55. The zero-order valence-electron chi connectivity index (χ0n) is 23.2. The molecule has 0 spiro atoms. The van der Waals surface area contributed by atoms with Crippen molar-refractivity contribution in [3.8, 4) is 34.5 Å². The Morgan fingerprint density at radius 1 is 0.526 bits per heavy atom. The molecular weight excluding hydrogens is 507 g/mol. The van der Waals surface area contributed by atoms with Crippen LogP contribution < -0.4 is 28.5 Å². The summed E-state index contributed by atoms with van der Waals surface area (Å²) in [4.78, 5) is 10.8. The molecule has 0 heterocycles. The largest absolute Gasteiger partial charge is 0.497 e. The molecule has 0 aliphatic carbocycles. The monoisotopic (exact) mass is 544 g/mol. The lowest BCUT2D eigenvalue weighted by Crippen LogP contribution is -2.45. The molecule has 0 bridgehead atoms. The van der Waals surface area contributed by atoms with Crippen LogP contribution in [0.25, 0.3) is 0 Å². The zero-order chi connectivity index (χ0) is 27.7. The third-order valence-corrected chi connectivity index (χ3v) is 9.19. The van der Waals surface area contributed by atoms with E-state index in [4.69, 9.17) is 33.4 Å². The molecule has 0 saturated carbocycles. The molecule has 3 rings (SSSR count). The van der Waals surface area contributed by atoms with Gasteiger partial charge in [-0.15, -0.1) is 0 Å². The van der Waals surface area contributed by atoms with Gasteiger partial charge in [0, 0.05) is 7.05 Å². The lowest BCUT2D eigenvalue weighted by Gasteiger charge is -2.43. The lowest BCUT2D eigenvalue weighted by atomic mass is 10.3. The van der Waals surface area contributed by atoms with Crippen LogP contribution in [0.5, 0.6) is 34.5 Å². The Hall–Kier alpha value is -3.43. The molecule has 0 aliphatic rings. The Morgan fingerprint density at radius 2 is 0.842 bits per heavy atom. The molecule has 0 atom stereocenters. The zero-order valence-corrected chi connectivity index (χ0v) is 24.1. The fourth-order valence-corrected chi connectivity index (χ4v) is 6.51. The number of methoxy groups -OCH3 is 3. The van der Waals surface area contributed by atoms with Gasteiger partial charge in [-0.3, -0.25) is 0 Å². The highest BCUT2D eigenvalue weighted by molar-refractivity contribution is 7.58. The predicted molar refractivity (Wildman–Crippen MR) is 149 cm³/mol. The summed E-state index contributed by atoms with van der Waals surface area (Å²) in [6.45, 7) is 0. The third-order valence-electron chi connectivity index (χ3n) is 5.71. The van der Waals surface area contributed by atoms with Crippen LogP contribution in [0, 0.1) is 0 Å². The molecular formula is C27H37N4O6P. The number of hydrogen-bond donors (Lipinski definition) is 0. The van der Waals surface area contributed by atoms with E-state index < -0.39 is 13.9 Å².